The first-order chi connectivity index (χ1) is 14.8. The summed E-state index contributed by atoms with van der Waals surface area (Å²) in [6, 6.07) is 15.0. The molecule has 164 valence electrons. The molecule has 0 bridgehead atoms. The van der Waals surface area contributed by atoms with E-state index in [1.54, 1.807) is 0 Å². The van der Waals surface area contributed by atoms with Gasteiger partial charge in [-0.25, -0.2) is 9.59 Å². The van der Waals surface area contributed by atoms with Crippen LogP contribution in [0.1, 0.15) is 24.0 Å². The van der Waals surface area contributed by atoms with Gasteiger partial charge in [0.15, 0.2) is 6.10 Å². The molecule has 2 aromatic carbocycles. The van der Waals surface area contributed by atoms with Gasteiger partial charge in [0.2, 0.25) is 0 Å². The van der Waals surface area contributed by atoms with Crippen LogP contribution in [0.25, 0.3) is 11.1 Å². The average molecular weight is 426 g/mol. The summed E-state index contributed by atoms with van der Waals surface area (Å²) in [5.41, 5.74) is 4.47. The second kappa shape index (κ2) is 9.61. The summed E-state index contributed by atoms with van der Waals surface area (Å²) in [7, 11) is 2.70. The van der Waals surface area contributed by atoms with E-state index >= 15 is 0 Å². The Morgan fingerprint density at radius 2 is 1.61 bits per heavy atom. The average Bonchev–Trinajstić information content (AvgIpc) is 3.10. The third-order valence-corrected chi connectivity index (χ3v) is 5.62. The lowest BCUT2D eigenvalue weighted by molar-refractivity contribution is -0.152. The number of likely N-dealkylation sites (N-methyl/N-ethyl adjacent to an activating group) is 1. The van der Waals surface area contributed by atoms with Crippen LogP contribution in [0.4, 0.5) is 4.79 Å². The number of hydrogen-bond acceptors (Lipinski definition) is 5. The van der Waals surface area contributed by atoms with E-state index < -0.39 is 30.1 Å². The van der Waals surface area contributed by atoms with Crippen molar-refractivity contribution in [1.29, 1.82) is 0 Å². The summed E-state index contributed by atoms with van der Waals surface area (Å²) in [5.74, 6) is -1.74. The quantitative estimate of drug-likeness (QED) is 0.672. The van der Waals surface area contributed by atoms with Crippen LogP contribution in [0.15, 0.2) is 48.5 Å². The molecule has 2 atom stereocenters. The van der Waals surface area contributed by atoms with Crippen LogP contribution in [0.5, 0.6) is 0 Å². The van der Waals surface area contributed by atoms with Gasteiger partial charge in [-0.15, -0.1) is 0 Å². The molecule has 1 aliphatic rings. The maximum atomic E-state index is 12.4. The van der Waals surface area contributed by atoms with Crippen molar-refractivity contribution in [3.63, 3.8) is 0 Å². The lowest BCUT2D eigenvalue weighted by atomic mass is 9.98. The molecule has 8 nitrogen and oxygen atoms in total. The Balaban J connectivity index is 1.58. The van der Waals surface area contributed by atoms with Crippen molar-refractivity contribution in [2.24, 2.45) is 0 Å². The fraction of sp³-hybridized carbons (Fsp3) is 0.348. The molecule has 0 aromatic heterocycles. The SMILES string of the molecule is COC(CNC(=O)OCC1c2ccccc2-c2ccccc21)C(=O)N(C)C(C)C(=O)O. The predicted octanol–water partition coefficient (Wildman–Crippen LogP) is 2.47. The molecule has 2 unspecified atom stereocenters. The highest BCUT2D eigenvalue weighted by atomic mass is 16.5. The summed E-state index contributed by atoms with van der Waals surface area (Å²) < 4.78 is 10.6. The number of carbonyl (C=O) groups excluding carboxylic acids is 2. The summed E-state index contributed by atoms with van der Waals surface area (Å²) in [4.78, 5) is 36.8. The summed E-state index contributed by atoms with van der Waals surface area (Å²) in [6.07, 6.45) is -1.70. The zero-order valence-corrected chi connectivity index (χ0v) is 17.7. The smallest absolute Gasteiger partial charge is 0.407 e. The standard InChI is InChI=1S/C23H26N2O6/c1-14(22(27)28)25(2)21(26)20(30-3)12-24-23(29)31-13-19-17-10-6-4-8-15(17)16-9-5-7-11-18(16)19/h4-11,14,19-20H,12-13H2,1-3H3,(H,24,29)(H,27,28). The number of ether oxygens (including phenoxy) is 2. The molecule has 0 saturated carbocycles. The Hall–Kier alpha value is -3.39. The summed E-state index contributed by atoms with van der Waals surface area (Å²) in [6.45, 7) is 1.41. The molecule has 2 N–H and O–H groups in total. The minimum Gasteiger partial charge on any atom is -0.480 e. The van der Waals surface area contributed by atoms with Crippen molar-refractivity contribution in [3.05, 3.63) is 59.7 Å². The largest absolute Gasteiger partial charge is 0.480 e. The van der Waals surface area contributed by atoms with Gasteiger partial charge in [0, 0.05) is 20.1 Å². The van der Waals surface area contributed by atoms with E-state index in [4.69, 9.17) is 14.6 Å². The van der Waals surface area contributed by atoms with Gasteiger partial charge in [-0.1, -0.05) is 48.5 Å². The first kappa shape index (κ1) is 22.3. The number of benzene rings is 2. The summed E-state index contributed by atoms with van der Waals surface area (Å²) in [5, 5.41) is 11.6. The Morgan fingerprint density at radius 1 is 1.06 bits per heavy atom. The Labute approximate surface area is 180 Å². The Kier molecular flexibility index (Phi) is 6.91. The molecule has 8 heteroatoms. The lowest BCUT2D eigenvalue weighted by Crippen LogP contribution is -2.49. The van der Waals surface area contributed by atoms with Crippen molar-refractivity contribution >= 4 is 18.0 Å². The van der Waals surface area contributed by atoms with E-state index in [1.165, 1.54) is 21.1 Å². The van der Waals surface area contributed by atoms with Gasteiger partial charge in [0.25, 0.3) is 5.91 Å². The van der Waals surface area contributed by atoms with Crippen LogP contribution in [-0.2, 0) is 19.1 Å². The monoisotopic (exact) mass is 426 g/mol. The maximum absolute atomic E-state index is 12.4. The lowest BCUT2D eigenvalue weighted by Gasteiger charge is -2.26. The number of alkyl carbamates (subject to hydrolysis) is 1. The number of amides is 2. The molecule has 0 heterocycles. The third-order valence-electron chi connectivity index (χ3n) is 5.62. The molecule has 3 rings (SSSR count). The zero-order valence-electron chi connectivity index (χ0n) is 17.7. The molecule has 2 aromatic rings. The first-order valence-electron chi connectivity index (χ1n) is 9.96. The topological polar surface area (TPSA) is 105 Å². The number of hydrogen-bond donors (Lipinski definition) is 2. The molecule has 0 spiro atoms. The Bertz CT molecular complexity index is 931. The van der Waals surface area contributed by atoms with E-state index in [9.17, 15) is 14.4 Å². The second-order valence-corrected chi connectivity index (χ2v) is 7.39. The highest BCUT2D eigenvalue weighted by Gasteiger charge is 2.30. The van der Waals surface area contributed by atoms with Crippen LogP contribution < -0.4 is 5.32 Å². The minimum absolute atomic E-state index is 0.0689. The molecule has 0 fully saturated rings. The van der Waals surface area contributed by atoms with Crippen molar-refractivity contribution < 1.29 is 29.0 Å². The fourth-order valence-electron chi connectivity index (χ4n) is 3.68. The predicted molar refractivity (Wildman–Crippen MR) is 114 cm³/mol. The van der Waals surface area contributed by atoms with E-state index in [0.717, 1.165) is 27.2 Å². The minimum atomic E-state index is -1.13. The molecule has 0 saturated heterocycles. The molecular formula is C23H26N2O6. The number of carboxylic acids is 1. The maximum Gasteiger partial charge on any atom is 0.407 e. The Morgan fingerprint density at radius 3 is 2.13 bits per heavy atom. The molecule has 0 radical (unpaired) electrons. The number of carboxylic acid groups (broad SMARTS) is 1. The van der Waals surface area contributed by atoms with E-state index in [0.29, 0.717) is 0 Å². The van der Waals surface area contributed by atoms with Crippen molar-refractivity contribution in [3.8, 4) is 11.1 Å². The van der Waals surface area contributed by atoms with Crippen LogP contribution in [-0.4, -0.2) is 67.4 Å². The molecule has 1 aliphatic carbocycles. The van der Waals surface area contributed by atoms with Gasteiger partial charge in [-0.05, 0) is 29.2 Å². The number of nitrogens with zero attached hydrogens (tertiary/aromatic N) is 1. The highest BCUT2D eigenvalue weighted by molar-refractivity contribution is 5.86. The zero-order chi connectivity index (χ0) is 22.5. The summed E-state index contributed by atoms with van der Waals surface area (Å²) >= 11 is 0. The highest BCUT2D eigenvalue weighted by Crippen LogP contribution is 2.44. The van der Waals surface area contributed by atoms with Gasteiger partial charge in [0.05, 0.1) is 6.54 Å². The van der Waals surface area contributed by atoms with Crippen molar-refractivity contribution in [1.82, 2.24) is 10.2 Å². The van der Waals surface area contributed by atoms with Gasteiger partial charge >= 0.3 is 12.1 Å². The third kappa shape index (κ3) is 4.69. The number of methoxy groups -OCH3 is 1. The normalized spacial score (nSPS) is 14.2. The number of aliphatic carboxylic acids is 1. The van der Waals surface area contributed by atoms with Crippen LogP contribution in [0.3, 0.4) is 0 Å². The fourth-order valence-corrected chi connectivity index (χ4v) is 3.68. The second-order valence-electron chi connectivity index (χ2n) is 7.39. The van der Waals surface area contributed by atoms with Gasteiger partial charge in [0.1, 0.15) is 12.6 Å². The van der Waals surface area contributed by atoms with Crippen molar-refractivity contribution in [2.45, 2.75) is 25.0 Å². The molecule has 2 amide bonds. The first-order valence-corrected chi connectivity index (χ1v) is 9.96. The van der Waals surface area contributed by atoms with Crippen LogP contribution >= 0.6 is 0 Å². The number of fused-ring (bicyclic) bond motifs is 3. The molecule has 0 aliphatic heterocycles. The molecule has 31 heavy (non-hydrogen) atoms. The number of carbonyl (C=O) groups is 3. The van der Waals surface area contributed by atoms with Crippen LogP contribution in [0.2, 0.25) is 0 Å². The van der Waals surface area contributed by atoms with E-state index in [1.807, 2.05) is 36.4 Å². The number of rotatable bonds is 8. The van der Waals surface area contributed by atoms with Gasteiger partial charge < -0.3 is 24.8 Å². The van der Waals surface area contributed by atoms with Crippen LogP contribution in [0, 0.1) is 0 Å². The molecular weight excluding hydrogens is 400 g/mol. The van der Waals surface area contributed by atoms with Gasteiger partial charge in [-0.3, -0.25) is 4.79 Å². The van der Waals surface area contributed by atoms with Gasteiger partial charge in [-0.2, -0.15) is 0 Å². The number of nitrogens with one attached hydrogen (secondary N) is 1. The van der Waals surface area contributed by atoms with E-state index in [-0.39, 0.29) is 19.1 Å². The van der Waals surface area contributed by atoms with E-state index in [2.05, 4.69) is 17.4 Å². The van der Waals surface area contributed by atoms with Crippen molar-refractivity contribution in [2.75, 3.05) is 27.3 Å².